The first-order valence-corrected chi connectivity index (χ1v) is 37.0. The van der Waals surface area contributed by atoms with Crippen molar-refractivity contribution in [2.45, 2.75) is 54.4 Å². The summed E-state index contributed by atoms with van der Waals surface area (Å²) in [5, 5.41) is 14.9. The molecule has 0 aliphatic heterocycles. The van der Waals surface area contributed by atoms with Crippen molar-refractivity contribution in [3.8, 4) is 0 Å². The molecule has 18 aromatic rings. The maximum atomic E-state index is 2.50. The van der Waals surface area contributed by atoms with Gasteiger partial charge in [0.2, 0.25) is 0 Å². The predicted molar refractivity (Wildman–Crippen MR) is 443 cm³/mol. The summed E-state index contributed by atoms with van der Waals surface area (Å²) in [5.41, 5.74) is 23.6. The fourth-order valence-electron chi connectivity index (χ4n) is 15.5. The molecule has 16 aromatic carbocycles. The Bertz CT molecular complexity index is 6200. The van der Waals surface area contributed by atoms with Gasteiger partial charge in [0.1, 0.15) is 0 Å². The summed E-state index contributed by atoms with van der Waals surface area (Å²) < 4.78 is 5.19. The minimum absolute atomic E-state index is 0.897. The third kappa shape index (κ3) is 11.0. The van der Waals surface area contributed by atoms with Gasteiger partial charge in [-0.05, 0) is 186 Å². The first kappa shape index (κ1) is 62.5. The Labute approximate surface area is 604 Å². The SMILES string of the molecule is Cc1ccc(N(c2ccc(C)cc2)c2cc3c4cc(N(c5ccc(C)cc5)c5ccc(CCc6ccc(N(c7ccccc7C)c7cc8c9cc(N(c%10ccc(C)cc%10)c%10ccccc%10C)c%10ccccc%10c9sc8c8ccccc78)cc6)cc5)c5ccccc5c4sc3c3ccccc23)cc1. The molecule has 0 saturated carbocycles. The van der Waals surface area contributed by atoms with Gasteiger partial charge in [-0.1, -0.05) is 229 Å². The average molecular weight is 1350 g/mol. The van der Waals surface area contributed by atoms with Gasteiger partial charge in [-0.2, -0.15) is 0 Å². The smallest absolute Gasteiger partial charge is 0.0547 e. The number of rotatable bonds is 15. The first-order chi connectivity index (χ1) is 50.0. The number of benzene rings is 16. The van der Waals surface area contributed by atoms with Gasteiger partial charge in [0.25, 0.3) is 0 Å². The molecule has 0 amide bonds. The normalized spacial score (nSPS) is 11.7. The molecule has 4 nitrogen and oxygen atoms in total. The standard InChI is InChI=1S/C96H74N4S2/c1-61-31-45-69(46-32-61)97(70-47-33-62(2)34-48-70)89-57-83-84-58-90(76-22-10-14-26-80(76)94(84)101-93(83)79-25-13-9-21-75(79)89)98(71-49-35-63(3)36-50-71)72-53-41-67(42-54-72)39-40-68-43-55-74(56-44-68)100(88-30-18-8-20-66(88)6)92-60-86-85-59-91(99(73-51-37-64(4)38-52-73)87-29-17-7-19-65(87)5)77-23-11-15-27-81(77)95(85)102-96(86)82-28-16-12-24-78(82)92/h7-38,41-60H,39-40H2,1-6H3. The Hall–Kier alpha value is -11.8. The second-order valence-corrected chi connectivity index (χ2v) is 29.6. The molecule has 0 saturated heterocycles. The lowest BCUT2D eigenvalue weighted by Crippen LogP contribution is -2.12. The monoisotopic (exact) mass is 1350 g/mol. The zero-order chi connectivity index (χ0) is 68.7. The summed E-state index contributed by atoms with van der Waals surface area (Å²) in [5.74, 6) is 0. The Morgan fingerprint density at radius 1 is 0.196 bits per heavy atom. The second kappa shape index (κ2) is 25.7. The molecule has 0 fully saturated rings. The molecule has 102 heavy (non-hydrogen) atoms. The van der Waals surface area contributed by atoms with E-state index in [1.165, 1.54) is 134 Å². The zero-order valence-corrected chi connectivity index (χ0v) is 59.7. The van der Waals surface area contributed by atoms with Gasteiger partial charge >= 0.3 is 0 Å². The lowest BCUT2D eigenvalue weighted by atomic mass is 9.98. The van der Waals surface area contributed by atoms with E-state index >= 15 is 0 Å². The van der Waals surface area contributed by atoms with Crippen LogP contribution in [0.4, 0.5) is 68.2 Å². The number of para-hydroxylation sites is 2. The Morgan fingerprint density at radius 3 is 0.676 bits per heavy atom. The molecular formula is C96H74N4S2. The van der Waals surface area contributed by atoms with Crippen LogP contribution in [0.2, 0.25) is 0 Å². The molecular weight excluding hydrogens is 1270 g/mol. The van der Waals surface area contributed by atoms with Gasteiger partial charge in [-0.3, -0.25) is 0 Å². The summed E-state index contributed by atoms with van der Waals surface area (Å²) >= 11 is 3.84. The summed E-state index contributed by atoms with van der Waals surface area (Å²) in [7, 11) is 0. The third-order valence-corrected chi connectivity index (χ3v) is 23.4. The summed E-state index contributed by atoms with van der Waals surface area (Å²) in [6.45, 7) is 13.1. The third-order valence-electron chi connectivity index (χ3n) is 20.8. The average Bonchev–Trinajstić information content (AvgIpc) is 1.53. The fraction of sp³-hybridized carbons (Fsp3) is 0.0833. The molecule has 0 aliphatic carbocycles. The van der Waals surface area contributed by atoms with Gasteiger partial charge < -0.3 is 19.6 Å². The highest BCUT2D eigenvalue weighted by Gasteiger charge is 2.27. The van der Waals surface area contributed by atoms with Crippen LogP contribution in [0.5, 0.6) is 0 Å². The van der Waals surface area contributed by atoms with Crippen LogP contribution in [0.15, 0.2) is 315 Å². The largest absolute Gasteiger partial charge is 0.310 e. The molecule has 6 heteroatoms. The molecule has 18 rings (SSSR count). The number of thiophene rings is 2. The molecule has 0 spiro atoms. The van der Waals surface area contributed by atoms with Crippen LogP contribution in [0.25, 0.3) is 83.4 Å². The number of nitrogens with zero attached hydrogens (tertiary/aromatic N) is 4. The highest BCUT2D eigenvalue weighted by molar-refractivity contribution is 7.28. The van der Waals surface area contributed by atoms with E-state index in [0.29, 0.717) is 0 Å². The maximum Gasteiger partial charge on any atom is 0.0547 e. The summed E-state index contributed by atoms with van der Waals surface area (Å²) in [6, 6.07) is 118. The van der Waals surface area contributed by atoms with Crippen molar-refractivity contribution in [1.82, 2.24) is 0 Å². The van der Waals surface area contributed by atoms with Crippen molar-refractivity contribution in [3.05, 3.63) is 360 Å². The molecule has 0 bridgehead atoms. The summed E-state index contributed by atoms with van der Waals surface area (Å²) in [4.78, 5) is 9.90. The van der Waals surface area contributed by atoms with Gasteiger partial charge in [0, 0.05) is 129 Å². The number of fused-ring (bicyclic) bond motifs is 14. The quantitative estimate of drug-likeness (QED) is 0.101. The lowest BCUT2D eigenvalue weighted by Gasteiger charge is -2.29. The van der Waals surface area contributed by atoms with Crippen molar-refractivity contribution in [2.75, 3.05) is 19.6 Å². The van der Waals surface area contributed by atoms with Crippen molar-refractivity contribution in [1.29, 1.82) is 0 Å². The van der Waals surface area contributed by atoms with Crippen LogP contribution in [0, 0.1) is 41.5 Å². The van der Waals surface area contributed by atoms with Crippen molar-refractivity contribution < 1.29 is 0 Å². The van der Waals surface area contributed by atoms with Gasteiger partial charge in [-0.15, -0.1) is 22.7 Å². The molecule has 490 valence electrons. The molecule has 0 N–H and O–H groups in total. The van der Waals surface area contributed by atoms with Crippen LogP contribution in [0.1, 0.15) is 44.5 Å². The Morgan fingerprint density at radius 2 is 0.412 bits per heavy atom. The zero-order valence-electron chi connectivity index (χ0n) is 58.0. The number of hydrogen-bond acceptors (Lipinski definition) is 6. The van der Waals surface area contributed by atoms with E-state index in [1.54, 1.807) is 0 Å². The molecule has 2 heterocycles. The highest BCUT2D eigenvalue weighted by atomic mass is 32.1. The van der Waals surface area contributed by atoms with E-state index in [-0.39, 0.29) is 0 Å². The second-order valence-electron chi connectivity index (χ2n) is 27.6. The Kier molecular flexibility index (Phi) is 15.8. The number of hydrogen-bond donors (Lipinski definition) is 0. The number of aryl methyl sites for hydroxylation is 8. The molecule has 0 atom stereocenters. The Balaban J connectivity index is 0.706. The van der Waals surface area contributed by atoms with Gasteiger partial charge in [0.15, 0.2) is 0 Å². The molecule has 0 radical (unpaired) electrons. The minimum atomic E-state index is 0.897. The molecule has 0 aliphatic rings. The fourth-order valence-corrected chi connectivity index (χ4v) is 18.2. The highest BCUT2D eigenvalue weighted by Crippen LogP contribution is 2.54. The molecule has 0 unspecified atom stereocenters. The maximum absolute atomic E-state index is 2.50. The van der Waals surface area contributed by atoms with Crippen molar-refractivity contribution >= 4 is 174 Å². The van der Waals surface area contributed by atoms with Crippen molar-refractivity contribution in [2.24, 2.45) is 0 Å². The van der Waals surface area contributed by atoms with E-state index in [2.05, 4.69) is 377 Å². The van der Waals surface area contributed by atoms with Gasteiger partial charge in [0.05, 0.1) is 22.7 Å². The topological polar surface area (TPSA) is 13.0 Å². The van der Waals surface area contributed by atoms with E-state index in [9.17, 15) is 0 Å². The van der Waals surface area contributed by atoms with E-state index < -0.39 is 0 Å². The number of anilines is 12. The van der Waals surface area contributed by atoms with Crippen molar-refractivity contribution in [3.63, 3.8) is 0 Å². The van der Waals surface area contributed by atoms with E-state index in [4.69, 9.17) is 0 Å². The van der Waals surface area contributed by atoms with Crippen LogP contribution in [-0.4, -0.2) is 0 Å². The van der Waals surface area contributed by atoms with Crippen LogP contribution in [0.3, 0.4) is 0 Å². The van der Waals surface area contributed by atoms with Crippen LogP contribution < -0.4 is 19.6 Å². The van der Waals surface area contributed by atoms with E-state index in [0.717, 1.165) is 75.4 Å². The lowest BCUT2D eigenvalue weighted by molar-refractivity contribution is 0.959. The van der Waals surface area contributed by atoms with Crippen LogP contribution in [-0.2, 0) is 12.8 Å². The summed E-state index contributed by atoms with van der Waals surface area (Å²) in [6.07, 6.45) is 1.79. The first-order valence-electron chi connectivity index (χ1n) is 35.4. The van der Waals surface area contributed by atoms with Gasteiger partial charge in [-0.25, -0.2) is 0 Å². The van der Waals surface area contributed by atoms with Crippen LogP contribution >= 0.6 is 22.7 Å². The minimum Gasteiger partial charge on any atom is -0.310 e. The predicted octanol–water partition coefficient (Wildman–Crippen LogP) is 28.6. The van der Waals surface area contributed by atoms with E-state index in [1.807, 2.05) is 22.7 Å². The molecule has 2 aromatic heterocycles.